The standard InChI is InChI=1S/C11H19NO2/c1-8-4-2-3-5-9(8)14-10(13)11(12)6-7-11/h8-9H,2-7,12H2,1H3. The fourth-order valence-electron chi connectivity index (χ4n) is 2.05. The lowest BCUT2D eigenvalue weighted by Crippen LogP contribution is -2.39. The molecule has 14 heavy (non-hydrogen) atoms. The largest absolute Gasteiger partial charge is 0.461 e. The number of carbonyl (C=O) groups excluding carboxylic acids is 1. The van der Waals surface area contributed by atoms with Crippen molar-refractivity contribution in [1.29, 1.82) is 0 Å². The van der Waals surface area contributed by atoms with Crippen LogP contribution in [0.1, 0.15) is 45.4 Å². The summed E-state index contributed by atoms with van der Waals surface area (Å²) in [4.78, 5) is 11.6. The molecule has 2 aliphatic carbocycles. The van der Waals surface area contributed by atoms with Gasteiger partial charge in [-0.1, -0.05) is 13.3 Å². The van der Waals surface area contributed by atoms with Crippen molar-refractivity contribution in [3.63, 3.8) is 0 Å². The molecule has 0 aromatic heterocycles. The zero-order valence-corrected chi connectivity index (χ0v) is 8.79. The molecule has 2 N–H and O–H groups in total. The average Bonchev–Trinajstić information content (AvgIpc) is 2.89. The van der Waals surface area contributed by atoms with Gasteiger partial charge in [0.05, 0.1) is 0 Å². The SMILES string of the molecule is CC1CCCCC1OC(=O)C1(N)CC1. The van der Waals surface area contributed by atoms with E-state index in [1.807, 2.05) is 0 Å². The van der Waals surface area contributed by atoms with Crippen molar-refractivity contribution >= 4 is 5.97 Å². The lowest BCUT2D eigenvalue weighted by molar-refractivity contribution is -0.156. The van der Waals surface area contributed by atoms with E-state index < -0.39 is 5.54 Å². The van der Waals surface area contributed by atoms with Crippen molar-refractivity contribution in [2.24, 2.45) is 11.7 Å². The van der Waals surface area contributed by atoms with Gasteiger partial charge in [0.1, 0.15) is 11.6 Å². The van der Waals surface area contributed by atoms with E-state index in [1.165, 1.54) is 19.3 Å². The summed E-state index contributed by atoms with van der Waals surface area (Å²) in [5.74, 6) is 0.339. The molecule has 3 heteroatoms. The van der Waals surface area contributed by atoms with Crippen LogP contribution >= 0.6 is 0 Å². The number of hydrogen-bond donors (Lipinski definition) is 1. The molecule has 2 rings (SSSR count). The maximum Gasteiger partial charge on any atom is 0.326 e. The lowest BCUT2D eigenvalue weighted by atomic mass is 9.88. The summed E-state index contributed by atoms with van der Waals surface area (Å²) >= 11 is 0. The summed E-state index contributed by atoms with van der Waals surface area (Å²) in [6.07, 6.45) is 6.36. The Bertz CT molecular complexity index is 235. The van der Waals surface area contributed by atoms with Crippen LogP contribution in [0.3, 0.4) is 0 Å². The molecular formula is C11H19NO2. The van der Waals surface area contributed by atoms with Crippen molar-refractivity contribution in [3.05, 3.63) is 0 Å². The van der Waals surface area contributed by atoms with Gasteiger partial charge in [-0.3, -0.25) is 4.79 Å². The molecule has 2 aliphatic rings. The zero-order chi connectivity index (χ0) is 10.2. The zero-order valence-electron chi connectivity index (χ0n) is 8.79. The summed E-state index contributed by atoms with van der Waals surface area (Å²) in [6.45, 7) is 2.16. The summed E-state index contributed by atoms with van der Waals surface area (Å²) in [5.41, 5.74) is 5.16. The van der Waals surface area contributed by atoms with E-state index in [0.717, 1.165) is 19.3 Å². The molecule has 2 fully saturated rings. The summed E-state index contributed by atoms with van der Waals surface area (Å²) in [6, 6.07) is 0. The van der Waals surface area contributed by atoms with Crippen molar-refractivity contribution in [2.45, 2.75) is 57.1 Å². The summed E-state index contributed by atoms with van der Waals surface area (Å²) < 4.78 is 5.47. The molecule has 0 aromatic carbocycles. The number of rotatable bonds is 2. The molecule has 3 nitrogen and oxygen atoms in total. The quantitative estimate of drug-likeness (QED) is 0.684. The van der Waals surface area contributed by atoms with Crippen LogP contribution in [0, 0.1) is 5.92 Å². The third-order valence-corrected chi connectivity index (χ3v) is 3.49. The second kappa shape index (κ2) is 3.54. The topological polar surface area (TPSA) is 52.3 Å². The van der Waals surface area contributed by atoms with E-state index in [0.29, 0.717) is 5.92 Å². The van der Waals surface area contributed by atoms with Gasteiger partial charge >= 0.3 is 5.97 Å². The molecule has 80 valence electrons. The predicted octanol–water partition coefficient (Wildman–Crippen LogP) is 1.60. The van der Waals surface area contributed by atoms with Gasteiger partial charge < -0.3 is 10.5 Å². The Morgan fingerprint density at radius 2 is 2.00 bits per heavy atom. The van der Waals surface area contributed by atoms with Gasteiger partial charge in [-0.15, -0.1) is 0 Å². The van der Waals surface area contributed by atoms with Crippen LogP contribution in [0.15, 0.2) is 0 Å². The van der Waals surface area contributed by atoms with Gasteiger partial charge in [-0.25, -0.2) is 0 Å². The van der Waals surface area contributed by atoms with E-state index >= 15 is 0 Å². The highest BCUT2D eigenvalue weighted by Gasteiger charge is 2.48. The maximum absolute atomic E-state index is 11.6. The minimum absolute atomic E-state index is 0.122. The first kappa shape index (κ1) is 9.97. The second-order valence-electron chi connectivity index (χ2n) is 4.86. The number of ether oxygens (including phenoxy) is 1. The monoisotopic (exact) mass is 197 g/mol. The van der Waals surface area contributed by atoms with Crippen molar-refractivity contribution in [2.75, 3.05) is 0 Å². The predicted molar refractivity (Wildman–Crippen MR) is 53.7 cm³/mol. The van der Waals surface area contributed by atoms with E-state index in [2.05, 4.69) is 6.92 Å². The molecular weight excluding hydrogens is 178 g/mol. The van der Waals surface area contributed by atoms with Gasteiger partial charge in [0.2, 0.25) is 0 Å². The first-order chi connectivity index (χ1) is 6.62. The molecule has 2 saturated carbocycles. The normalized spacial score (nSPS) is 35.0. The molecule has 0 bridgehead atoms. The van der Waals surface area contributed by atoms with Gasteiger partial charge in [-0.05, 0) is 38.0 Å². The molecule has 0 radical (unpaired) electrons. The molecule has 2 atom stereocenters. The molecule has 0 heterocycles. The van der Waals surface area contributed by atoms with Gasteiger partial charge in [0, 0.05) is 0 Å². The minimum atomic E-state index is -0.614. The Morgan fingerprint density at radius 1 is 1.36 bits per heavy atom. The van der Waals surface area contributed by atoms with Crippen LogP contribution in [0.25, 0.3) is 0 Å². The Balaban J connectivity index is 1.86. The lowest BCUT2D eigenvalue weighted by Gasteiger charge is -2.29. The highest BCUT2D eigenvalue weighted by molar-refractivity contribution is 5.84. The van der Waals surface area contributed by atoms with Crippen LogP contribution in [0.5, 0.6) is 0 Å². The van der Waals surface area contributed by atoms with Crippen LogP contribution in [0.2, 0.25) is 0 Å². The first-order valence-corrected chi connectivity index (χ1v) is 5.62. The van der Waals surface area contributed by atoms with E-state index in [9.17, 15) is 4.79 Å². The maximum atomic E-state index is 11.6. The Kier molecular flexibility index (Phi) is 2.52. The number of carbonyl (C=O) groups is 1. The highest BCUT2D eigenvalue weighted by Crippen LogP contribution is 2.35. The second-order valence-corrected chi connectivity index (χ2v) is 4.86. The van der Waals surface area contributed by atoms with Crippen LogP contribution in [-0.2, 0) is 9.53 Å². The van der Waals surface area contributed by atoms with E-state index in [4.69, 9.17) is 10.5 Å². The van der Waals surface area contributed by atoms with Crippen LogP contribution < -0.4 is 5.73 Å². The van der Waals surface area contributed by atoms with Crippen LogP contribution in [-0.4, -0.2) is 17.6 Å². The highest BCUT2D eigenvalue weighted by atomic mass is 16.5. The van der Waals surface area contributed by atoms with Crippen molar-refractivity contribution < 1.29 is 9.53 Å². The fourth-order valence-corrected chi connectivity index (χ4v) is 2.05. The van der Waals surface area contributed by atoms with E-state index in [-0.39, 0.29) is 12.1 Å². The third kappa shape index (κ3) is 1.92. The Morgan fingerprint density at radius 3 is 2.57 bits per heavy atom. The molecule has 0 spiro atoms. The Hall–Kier alpha value is -0.570. The molecule has 0 amide bonds. The number of hydrogen-bond acceptors (Lipinski definition) is 3. The van der Waals surface area contributed by atoms with Crippen molar-refractivity contribution in [3.8, 4) is 0 Å². The molecule has 0 saturated heterocycles. The van der Waals surface area contributed by atoms with E-state index in [1.54, 1.807) is 0 Å². The minimum Gasteiger partial charge on any atom is -0.461 e. The Labute approximate surface area is 85.0 Å². The van der Waals surface area contributed by atoms with Gasteiger partial charge in [0.25, 0.3) is 0 Å². The van der Waals surface area contributed by atoms with Gasteiger partial charge in [0.15, 0.2) is 0 Å². The average molecular weight is 197 g/mol. The number of nitrogens with two attached hydrogens (primary N) is 1. The third-order valence-electron chi connectivity index (χ3n) is 3.49. The summed E-state index contributed by atoms with van der Waals surface area (Å²) in [5, 5.41) is 0. The smallest absolute Gasteiger partial charge is 0.326 e. The van der Waals surface area contributed by atoms with Crippen LogP contribution in [0.4, 0.5) is 0 Å². The molecule has 0 aliphatic heterocycles. The molecule has 0 aromatic rings. The molecule has 2 unspecified atom stereocenters. The summed E-state index contributed by atoms with van der Waals surface area (Å²) in [7, 11) is 0. The fraction of sp³-hybridized carbons (Fsp3) is 0.909. The van der Waals surface area contributed by atoms with Crippen molar-refractivity contribution in [1.82, 2.24) is 0 Å². The number of esters is 1. The first-order valence-electron chi connectivity index (χ1n) is 5.62. The van der Waals surface area contributed by atoms with Gasteiger partial charge in [-0.2, -0.15) is 0 Å².